The molecule has 0 radical (unpaired) electrons. The summed E-state index contributed by atoms with van der Waals surface area (Å²) in [7, 11) is 0. The summed E-state index contributed by atoms with van der Waals surface area (Å²) < 4.78 is 0. The maximum Gasteiger partial charge on any atom is 0.225 e. The van der Waals surface area contributed by atoms with Crippen molar-refractivity contribution in [1.82, 2.24) is 0 Å². The highest BCUT2D eigenvalue weighted by Gasteiger charge is 2.01. The lowest BCUT2D eigenvalue weighted by molar-refractivity contribution is -0.115. The predicted molar refractivity (Wildman–Crippen MR) is 80.1 cm³/mol. The zero-order valence-corrected chi connectivity index (χ0v) is 11.2. The van der Waals surface area contributed by atoms with E-state index in [0.717, 1.165) is 17.1 Å². The molecule has 2 aromatic rings. The number of halogens is 1. The fourth-order valence-electron chi connectivity index (χ4n) is 1.63. The molecular formula is C15H15ClN2O. The highest BCUT2D eigenvalue weighted by molar-refractivity contribution is 6.19. The first-order valence-corrected chi connectivity index (χ1v) is 6.59. The summed E-state index contributed by atoms with van der Waals surface area (Å²) in [4.78, 5) is 11.4. The number of hydrogen-bond acceptors (Lipinski definition) is 2. The van der Waals surface area contributed by atoms with Crippen LogP contribution in [0.25, 0.3) is 0 Å². The van der Waals surface area contributed by atoms with Gasteiger partial charge in [0.05, 0.1) is 0 Å². The Labute approximate surface area is 117 Å². The molecule has 0 bridgehead atoms. The first kappa shape index (κ1) is 13.4. The number of para-hydroxylation sites is 1. The molecule has 98 valence electrons. The average Bonchev–Trinajstić information content (AvgIpc) is 2.42. The molecule has 0 aliphatic rings. The van der Waals surface area contributed by atoms with Crippen molar-refractivity contribution < 1.29 is 4.79 Å². The third kappa shape index (κ3) is 4.30. The van der Waals surface area contributed by atoms with Crippen LogP contribution in [0.2, 0.25) is 0 Å². The summed E-state index contributed by atoms with van der Waals surface area (Å²) >= 11 is 5.51. The van der Waals surface area contributed by atoms with Gasteiger partial charge in [-0.15, -0.1) is 11.6 Å². The molecule has 1 amide bonds. The van der Waals surface area contributed by atoms with E-state index < -0.39 is 0 Å². The molecule has 0 aliphatic heterocycles. The average molecular weight is 275 g/mol. The lowest BCUT2D eigenvalue weighted by Crippen LogP contribution is -2.11. The van der Waals surface area contributed by atoms with Crippen molar-refractivity contribution in [3.8, 4) is 0 Å². The molecule has 0 saturated heterocycles. The van der Waals surface area contributed by atoms with Crippen LogP contribution in [0.15, 0.2) is 54.6 Å². The van der Waals surface area contributed by atoms with E-state index in [4.69, 9.17) is 11.6 Å². The van der Waals surface area contributed by atoms with Crippen LogP contribution >= 0.6 is 11.6 Å². The Morgan fingerprint density at radius 2 is 1.47 bits per heavy atom. The highest BCUT2D eigenvalue weighted by atomic mass is 35.5. The largest absolute Gasteiger partial charge is 0.356 e. The Kier molecular flexibility index (Phi) is 4.81. The molecule has 0 atom stereocenters. The standard InChI is InChI=1S/C15H15ClN2O/c16-11-10-15(19)18-14-8-6-13(7-9-14)17-12-4-2-1-3-5-12/h1-9,17H,10-11H2,(H,18,19). The number of rotatable bonds is 5. The molecule has 0 saturated carbocycles. The second kappa shape index (κ2) is 6.81. The first-order valence-electron chi connectivity index (χ1n) is 6.06. The Morgan fingerprint density at radius 1 is 0.895 bits per heavy atom. The zero-order chi connectivity index (χ0) is 13.5. The van der Waals surface area contributed by atoms with E-state index in [-0.39, 0.29) is 5.91 Å². The molecule has 4 heteroatoms. The molecule has 0 heterocycles. The van der Waals surface area contributed by atoms with Gasteiger partial charge in [0, 0.05) is 29.4 Å². The van der Waals surface area contributed by atoms with Gasteiger partial charge < -0.3 is 10.6 Å². The third-order valence-electron chi connectivity index (χ3n) is 2.55. The summed E-state index contributed by atoms with van der Waals surface area (Å²) in [5.74, 6) is 0.262. The SMILES string of the molecule is O=C(CCCl)Nc1ccc(Nc2ccccc2)cc1. The predicted octanol–water partition coefficient (Wildman–Crippen LogP) is 4.00. The fraction of sp³-hybridized carbons (Fsp3) is 0.133. The van der Waals surface area contributed by atoms with Crippen LogP contribution in [0, 0.1) is 0 Å². The lowest BCUT2D eigenvalue weighted by atomic mass is 10.2. The zero-order valence-electron chi connectivity index (χ0n) is 10.4. The van der Waals surface area contributed by atoms with Crippen molar-refractivity contribution in [3.63, 3.8) is 0 Å². The molecule has 19 heavy (non-hydrogen) atoms. The number of amides is 1. The van der Waals surface area contributed by atoms with Gasteiger partial charge in [0.15, 0.2) is 0 Å². The van der Waals surface area contributed by atoms with Gasteiger partial charge in [-0.05, 0) is 36.4 Å². The fourth-order valence-corrected chi connectivity index (χ4v) is 1.81. The number of carbonyl (C=O) groups excluding carboxylic acids is 1. The Morgan fingerprint density at radius 3 is 2.11 bits per heavy atom. The number of anilines is 3. The number of benzene rings is 2. The molecule has 2 rings (SSSR count). The Balaban J connectivity index is 1.97. The van der Waals surface area contributed by atoms with Crippen LogP contribution in [0.5, 0.6) is 0 Å². The molecular weight excluding hydrogens is 260 g/mol. The van der Waals surface area contributed by atoms with E-state index in [1.54, 1.807) is 0 Å². The second-order valence-corrected chi connectivity index (χ2v) is 4.43. The van der Waals surface area contributed by atoms with Gasteiger partial charge in [-0.2, -0.15) is 0 Å². The molecule has 0 aromatic heterocycles. The van der Waals surface area contributed by atoms with Crippen molar-refractivity contribution in [1.29, 1.82) is 0 Å². The Bertz CT molecular complexity index is 526. The second-order valence-electron chi connectivity index (χ2n) is 4.06. The van der Waals surface area contributed by atoms with E-state index in [2.05, 4.69) is 10.6 Å². The van der Waals surface area contributed by atoms with Crippen LogP contribution in [-0.4, -0.2) is 11.8 Å². The van der Waals surface area contributed by atoms with Crippen molar-refractivity contribution in [3.05, 3.63) is 54.6 Å². The normalized spacial score (nSPS) is 9.95. The van der Waals surface area contributed by atoms with E-state index in [1.165, 1.54) is 0 Å². The van der Waals surface area contributed by atoms with Crippen LogP contribution in [0.1, 0.15) is 6.42 Å². The maximum absolute atomic E-state index is 11.4. The maximum atomic E-state index is 11.4. The van der Waals surface area contributed by atoms with Crippen LogP contribution < -0.4 is 10.6 Å². The number of hydrogen-bond donors (Lipinski definition) is 2. The molecule has 0 spiro atoms. The molecule has 0 unspecified atom stereocenters. The van der Waals surface area contributed by atoms with Crippen molar-refractivity contribution >= 4 is 34.6 Å². The lowest BCUT2D eigenvalue weighted by Gasteiger charge is -2.08. The van der Waals surface area contributed by atoms with Gasteiger partial charge in [0.25, 0.3) is 0 Å². The van der Waals surface area contributed by atoms with Crippen molar-refractivity contribution in [2.75, 3.05) is 16.5 Å². The van der Waals surface area contributed by atoms with Crippen molar-refractivity contribution in [2.24, 2.45) is 0 Å². The van der Waals surface area contributed by atoms with Gasteiger partial charge in [-0.1, -0.05) is 18.2 Å². The van der Waals surface area contributed by atoms with E-state index in [9.17, 15) is 4.79 Å². The summed E-state index contributed by atoms with van der Waals surface area (Å²) in [6.45, 7) is 0. The van der Waals surface area contributed by atoms with Crippen LogP contribution in [-0.2, 0) is 4.79 Å². The number of nitrogens with one attached hydrogen (secondary N) is 2. The van der Waals surface area contributed by atoms with Gasteiger partial charge in [-0.3, -0.25) is 4.79 Å². The van der Waals surface area contributed by atoms with E-state index in [1.807, 2.05) is 54.6 Å². The monoisotopic (exact) mass is 274 g/mol. The number of alkyl halides is 1. The minimum atomic E-state index is -0.0706. The third-order valence-corrected chi connectivity index (χ3v) is 2.74. The Hall–Kier alpha value is -2.00. The minimum absolute atomic E-state index is 0.0706. The first-order chi connectivity index (χ1) is 9.28. The topological polar surface area (TPSA) is 41.1 Å². The van der Waals surface area contributed by atoms with Gasteiger partial charge in [-0.25, -0.2) is 0 Å². The summed E-state index contributed by atoms with van der Waals surface area (Å²) in [5.41, 5.74) is 2.77. The van der Waals surface area contributed by atoms with Gasteiger partial charge in [0.2, 0.25) is 5.91 Å². The van der Waals surface area contributed by atoms with Crippen LogP contribution in [0.4, 0.5) is 17.1 Å². The minimum Gasteiger partial charge on any atom is -0.356 e. The molecule has 0 aliphatic carbocycles. The summed E-state index contributed by atoms with van der Waals surface area (Å²) in [6, 6.07) is 17.5. The van der Waals surface area contributed by atoms with E-state index in [0.29, 0.717) is 12.3 Å². The highest BCUT2D eigenvalue weighted by Crippen LogP contribution is 2.18. The smallest absolute Gasteiger partial charge is 0.225 e. The quantitative estimate of drug-likeness (QED) is 0.809. The van der Waals surface area contributed by atoms with Gasteiger partial charge in [0.1, 0.15) is 0 Å². The van der Waals surface area contributed by atoms with E-state index >= 15 is 0 Å². The van der Waals surface area contributed by atoms with Gasteiger partial charge >= 0.3 is 0 Å². The van der Waals surface area contributed by atoms with Crippen LogP contribution in [0.3, 0.4) is 0 Å². The van der Waals surface area contributed by atoms with Crippen molar-refractivity contribution in [2.45, 2.75) is 6.42 Å². The summed E-state index contributed by atoms with van der Waals surface area (Å²) in [6.07, 6.45) is 0.325. The molecule has 3 nitrogen and oxygen atoms in total. The molecule has 0 fully saturated rings. The molecule has 2 N–H and O–H groups in total. The summed E-state index contributed by atoms with van der Waals surface area (Å²) in [5, 5.41) is 6.06. The molecule has 2 aromatic carbocycles. The number of carbonyl (C=O) groups is 1.